The molecule has 1 heterocycles. The zero-order valence-corrected chi connectivity index (χ0v) is 41.0. The van der Waals surface area contributed by atoms with Crippen LogP contribution in [-0.2, 0) is 49.4 Å². The van der Waals surface area contributed by atoms with Gasteiger partial charge in [0.15, 0.2) is 0 Å². The molecular formula is C47H84N6O9. The minimum atomic E-state index is -0.903. The summed E-state index contributed by atoms with van der Waals surface area (Å²) in [7, 11) is 9.16. The highest BCUT2D eigenvalue weighted by molar-refractivity contribution is 5.91. The second kappa shape index (κ2) is 30.9. The van der Waals surface area contributed by atoms with Crippen molar-refractivity contribution >= 4 is 35.5 Å². The molecule has 1 aromatic rings. The Balaban J connectivity index is 0.00000493. The van der Waals surface area contributed by atoms with Crippen molar-refractivity contribution in [2.75, 3.05) is 62.1 Å². The highest BCUT2D eigenvalue weighted by Crippen LogP contribution is 2.29. The van der Waals surface area contributed by atoms with Gasteiger partial charge < -0.3 is 44.9 Å². The maximum atomic E-state index is 14.1. The summed E-state index contributed by atoms with van der Waals surface area (Å²) in [5.74, 6) is -2.35. The normalized spacial score (nSPS) is 16.8. The first-order valence-electron chi connectivity index (χ1n) is 22.4. The van der Waals surface area contributed by atoms with Crippen LogP contribution >= 0.6 is 0 Å². The van der Waals surface area contributed by atoms with Gasteiger partial charge in [-0.05, 0) is 43.2 Å². The number of rotatable bonds is 22. The highest BCUT2D eigenvalue weighted by Gasteiger charge is 2.42. The third kappa shape index (κ3) is 19.1. The summed E-state index contributed by atoms with van der Waals surface area (Å²) in [6.45, 7) is 20.4. The minimum Gasteiger partial charge on any atom is -0.467 e. The molecule has 8 atom stereocenters. The summed E-state index contributed by atoms with van der Waals surface area (Å²) in [4.78, 5) is 84.4. The van der Waals surface area contributed by atoms with E-state index in [0.29, 0.717) is 25.8 Å². The SMILES string of the molecule is CC(C)C.CCC.CCC(C)C(C(CC(=O)N1CCCC1C(OC)C(C)C(=O)NC(Cc1ccccc1)C(=O)OC)OC)N(C)C(=O)CNC(=O)C(C(C)C)N(C)C(=O)CNC. The first-order valence-corrected chi connectivity index (χ1v) is 22.4. The van der Waals surface area contributed by atoms with Gasteiger partial charge in [0.1, 0.15) is 12.1 Å². The van der Waals surface area contributed by atoms with Crippen molar-refractivity contribution in [3.05, 3.63) is 35.9 Å². The Morgan fingerprint density at radius 1 is 0.823 bits per heavy atom. The van der Waals surface area contributed by atoms with Gasteiger partial charge >= 0.3 is 5.97 Å². The molecule has 1 aliphatic heterocycles. The molecule has 356 valence electrons. The molecule has 0 aromatic heterocycles. The average Bonchev–Trinajstić information content (AvgIpc) is 3.72. The summed E-state index contributed by atoms with van der Waals surface area (Å²) >= 11 is 0. The number of likely N-dealkylation sites (tertiary alicyclic amines) is 1. The van der Waals surface area contributed by atoms with Crippen LogP contribution < -0.4 is 16.0 Å². The number of esters is 1. The predicted octanol–water partition coefficient (Wildman–Crippen LogP) is 4.70. The van der Waals surface area contributed by atoms with Crippen LogP contribution in [0.1, 0.15) is 107 Å². The number of hydrogen-bond donors (Lipinski definition) is 3. The van der Waals surface area contributed by atoms with Crippen LogP contribution in [0.4, 0.5) is 0 Å². The van der Waals surface area contributed by atoms with Gasteiger partial charge in [0.25, 0.3) is 0 Å². The van der Waals surface area contributed by atoms with Crippen molar-refractivity contribution in [2.45, 2.75) is 144 Å². The van der Waals surface area contributed by atoms with E-state index < -0.39 is 60.1 Å². The van der Waals surface area contributed by atoms with Crippen molar-refractivity contribution < 1.29 is 43.0 Å². The molecule has 0 radical (unpaired) electrons. The lowest BCUT2D eigenvalue weighted by molar-refractivity contribution is -0.148. The maximum absolute atomic E-state index is 14.1. The fourth-order valence-corrected chi connectivity index (χ4v) is 7.56. The highest BCUT2D eigenvalue weighted by atomic mass is 16.5. The van der Waals surface area contributed by atoms with E-state index >= 15 is 0 Å². The fourth-order valence-electron chi connectivity index (χ4n) is 7.56. The lowest BCUT2D eigenvalue weighted by Gasteiger charge is -2.39. The molecule has 0 bridgehead atoms. The van der Waals surface area contributed by atoms with Gasteiger partial charge in [0, 0.05) is 41.3 Å². The Hall–Kier alpha value is -4.08. The number of carbonyl (C=O) groups is 6. The summed E-state index contributed by atoms with van der Waals surface area (Å²) in [6, 6.07) is 6.74. The monoisotopic (exact) mass is 877 g/mol. The molecule has 2 rings (SSSR count). The molecule has 1 aromatic carbocycles. The van der Waals surface area contributed by atoms with E-state index in [4.69, 9.17) is 14.2 Å². The second-order valence-electron chi connectivity index (χ2n) is 17.3. The van der Waals surface area contributed by atoms with Gasteiger partial charge in [0.05, 0.1) is 56.8 Å². The molecule has 0 aliphatic carbocycles. The second-order valence-corrected chi connectivity index (χ2v) is 17.3. The average molecular weight is 877 g/mol. The third-order valence-electron chi connectivity index (χ3n) is 10.8. The Bertz CT molecular complexity index is 1480. The van der Waals surface area contributed by atoms with E-state index in [0.717, 1.165) is 11.5 Å². The van der Waals surface area contributed by atoms with Crippen LogP contribution in [-0.4, -0.2) is 149 Å². The molecule has 5 amide bonds. The van der Waals surface area contributed by atoms with E-state index in [9.17, 15) is 28.8 Å². The van der Waals surface area contributed by atoms with Gasteiger partial charge in [-0.25, -0.2) is 4.79 Å². The van der Waals surface area contributed by atoms with E-state index in [1.165, 1.54) is 37.6 Å². The van der Waals surface area contributed by atoms with Crippen molar-refractivity contribution in [1.29, 1.82) is 0 Å². The molecule has 0 saturated carbocycles. The Morgan fingerprint density at radius 2 is 1.39 bits per heavy atom. The number of benzene rings is 1. The first-order chi connectivity index (χ1) is 29.2. The molecule has 15 nitrogen and oxygen atoms in total. The largest absolute Gasteiger partial charge is 0.467 e. The van der Waals surface area contributed by atoms with Gasteiger partial charge in [-0.2, -0.15) is 0 Å². The molecule has 62 heavy (non-hydrogen) atoms. The zero-order valence-electron chi connectivity index (χ0n) is 41.0. The molecular weight excluding hydrogens is 793 g/mol. The Morgan fingerprint density at radius 3 is 1.87 bits per heavy atom. The maximum Gasteiger partial charge on any atom is 0.328 e. The minimum absolute atomic E-state index is 0.0295. The summed E-state index contributed by atoms with van der Waals surface area (Å²) in [6.07, 6.45) is 2.15. The quantitative estimate of drug-likeness (QED) is 0.139. The molecule has 1 saturated heterocycles. The summed E-state index contributed by atoms with van der Waals surface area (Å²) in [5.41, 5.74) is 0.864. The van der Waals surface area contributed by atoms with Crippen LogP contribution in [0.15, 0.2) is 30.3 Å². The molecule has 1 fully saturated rings. The molecule has 15 heteroatoms. The first kappa shape index (κ1) is 57.9. The topological polar surface area (TPSA) is 176 Å². The number of hydrogen-bond acceptors (Lipinski definition) is 10. The number of likely N-dealkylation sites (N-methyl/N-ethyl adjacent to an activating group) is 3. The lowest BCUT2D eigenvalue weighted by Crippen LogP contribution is -2.56. The smallest absolute Gasteiger partial charge is 0.328 e. The van der Waals surface area contributed by atoms with Crippen molar-refractivity contribution in [3.8, 4) is 0 Å². The number of amides is 5. The van der Waals surface area contributed by atoms with Crippen LogP contribution in [0, 0.1) is 23.7 Å². The Kier molecular flexibility index (Phi) is 28.8. The van der Waals surface area contributed by atoms with Gasteiger partial charge in [-0.3, -0.25) is 24.0 Å². The standard InChI is InChI=1S/C40H66N6O9.C4H10.C3H8/c1-12-26(4)36(45(8)34(49)24-42-39(51)35(25(2)3)44(7)33(48)23-41-6)31(53-9)22-32(47)46-20-16-19-30(46)37(54-10)27(5)38(50)43-29(40(52)55-11)21-28-17-14-13-15-18-28;1-4(2)3;1-3-2/h13-15,17-18,25-27,29-31,35-37,41H,12,16,19-24H2,1-11H3,(H,42,51)(H,43,50);4H,1-3H3;3H2,1-2H3. The molecule has 8 unspecified atom stereocenters. The Labute approximate surface area is 374 Å². The zero-order chi connectivity index (χ0) is 47.7. The molecule has 1 aliphatic rings. The summed E-state index contributed by atoms with van der Waals surface area (Å²) < 4.78 is 16.8. The van der Waals surface area contributed by atoms with Crippen LogP contribution in [0.3, 0.4) is 0 Å². The van der Waals surface area contributed by atoms with Crippen LogP contribution in [0.25, 0.3) is 0 Å². The van der Waals surface area contributed by atoms with Gasteiger partial charge in [-0.15, -0.1) is 0 Å². The number of ether oxygens (including phenoxy) is 3. The fraction of sp³-hybridized carbons (Fsp3) is 0.745. The van der Waals surface area contributed by atoms with E-state index in [1.807, 2.05) is 58.0 Å². The van der Waals surface area contributed by atoms with Gasteiger partial charge in [-0.1, -0.05) is 112 Å². The number of methoxy groups -OCH3 is 3. The molecule has 0 spiro atoms. The molecule has 3 N–H and O–H groups in total. The van der Waals surface area contributed by atoms with Crippen molar-refractivity contribution in [2.24, 2.45) is 23.7 Å². The van der Waals surface area contributed by atoms with E-state index in [-0.39, 0.29) is 55.5 Å². The third-order valence-corrected chi connectivity index (χ3v) is 10.8. The number of carbonyl (C=O) groups excluding carboxylic acids is 6. The lowest BCUT2D eigenvalue weighted by atomic mass is 9.90. The number of nitrogens with zero attached hydrogens (tertiary/aromatic N) is 3. The summed E-state index contributed by atoms with van der Waals surface area (Å²) in [5, 5.41) is 8.36. The van der Waals surface area contributed by atoms with Crippen molar-refractivity contribution in [3.63, 3.8) is 0 Å². The van der Waals surface area contributed by atoms with Crippen LogP contribution in [0.5, 0.6) is 0 Å². The number of nitrogens with one attached hydrogen (secondary N) is 3. The van der Waals surface area contributed by atoms with Gasteiger partial charge in [0.2, 0.25) is 29.5 Å². The van der Waals surface area contributed by atoms with E-state index in [1.54, 1.807) is 33.0 Å². The predicted molar refractivity (Wildman–Crippen MR) is 245 cm³/mol. The van der Waals surface area contributed by atoms with Crippen LogP contribution in [0.2, 0.25) is 0 Å². The van der Waals surface area contributed by atoms with Crippen molar-refractivity contribution in [1.82, 2.24) is 30.7 Å². The van der Waals surface area contributed by atoms with E-state index in [2.05, 4.69) is 50.6 Å².